The maximum atomic E-state index is 10.7. The van der Waals surface area contributed by atoms with Crippen molar-refractivity contribution in [2.24, 2.45) is 0 Å². The number of ether oxygens (including phenoxy) is 1. The zero-order valence-electron chi connectivity index (χ0n) is 11.1. The summed E-state index contributed by atoms with van der Waals surface area (Å²) < 4.78 is 65.6. The van der Waals surface area contributed by atoms with E-state index in [1.54, 1.807) is 10.7 Å². The van der Waals surface area contributed by atoms with Gasteiger partial charge in [0.1, 0.15) is 0 Å². The van der Waals surface area contributed by atoms with Crippen molar-refractivity contribution in [3.8, 4) is 5.75 Å². The molecule has 1 N–H and O–H groups in total. The number of halogens is 3. The van der Waals surface area contributed by atoms with Crippen LogP contribution in [0.5, 0.6) is 5.75 Å². The number of allylic oxidation sites excluding steroid dienone is 2. The van der Waals surface area contributed by atoms with E-state index in [9.17, 15) is 13.2 Å². The van der Waals surface area contributed by atoms with E-state index in [1.165, 1.54) is 15.6 Å². The van der Waals surface area contributed by atoms with Gasteiger partial charge in [-0.25, -0.2) is 0 Å². The molecule has 1 aromatic carbocycles. The Morgan fingerprint density at radius 2 is 1.90 bits per heavy atom. The van der Waals surface area contributed by atoms with Crippen molar-refractivity contribution < 1.29 is 30.9 Å². The summed E-state index contributed by atoms with van der Waals surface area (Å²) in [6, 6.07) is 6.44. The quantitative estimate of drug-likeness (QED) is 0.416. The van der Waals surface area contributed by atoms with Crippen LogP contribution in [-0.2, 0) is 10.1 Å². The summed E-state index contributed by atoms with van der Waals surface area (Å²) in [7, 11) is -4.11. The molecule has 1 heterocycles. The molecule has 9 heteroatoms. The number of rotatable bonds is 1. The first-order valence-electron chi connectivity index (χ1n) is 5.58. The minimum atomic E-state index is -5.84. The van der Waals surface area contributed by atoms with Crippen molar-refractivity contribution in [1.29, 1.82) is 0 Å². The van der Waals surface area contributed by atoms with E-state index >= 15 is 0 Å². The van der Waals surface area contributed by atoms with E-state index < -0.39 is 15.6 Å². The van der Waals surface area contributed by atoms with E-state index in [2.05, 4.69) is 31.2 Å². The van der Waals surface area contributed by atoms with Gasteiger partial charge in [-0.3, -0.25) is 4.55 Å². The summed E-state index contributed by atoms with van der Waals surface area (Å²) in [6.45, 7) is 2.19. The fourth-order valence-electron chi connectivity index (χ4n) is 1.44. The minimum absolute atomic E-state index is 0.0151. The zero-order valence-corrected chi connectivity index (χ0v) is 14.3. The van der Waals surface area contributed by atoms with Gasteiger partial charge in [-0.2, -0.15) is 21.6 Å². The molecule has 0 amide bonds. The number of alkyl halides is 3. The largest absolute Gasteiger partial charge is 0.522 e. The summed E-state index contributed by atoms with van der Waals surface area (Å²) in [5, 5.41) is 0. The number of methoxy groups -OCH3 is 1. The van der Waals surface area contributed by atoms with Gasteiger partial charge in [0.05, 0.1) is 0 Å². The fraction of sp³-hybridized carbons (Fsp3) is 0.333. The standard InChI is InChI=1S/C11H12OTe.CHF3O3S/c1-8-5-6-13-11-7-9(12-2)3-4-10(8)11;2-1(3,4)8(5,6)7/h3-5,7H,6H2,1-2H3;(H,5,6,7). The molecule has 0 aromatic heterocycles. The first kappa shape index (κ1) is 18.3. The summed E-state index contributed by atoms with van der Waals surface area (Å²) in [5.74, 6) is 0.999. The minimum Gasteiger partial charge on any atom is -0.279 e. The third kappa shape index (κ3) is 5.18. The molecular formula is C12H13F3O4STe. The molecule has 0 aliphatic carbocycles. The second-order valence-corrected chi connectivity index (χ2v) is 8.42. The molecule has 0 unspecified atom stereocenters. The summed E-state index contributed by atoms with van der Waals surface area (Å²) in [5.41, 5.74) is -2.67. The smallest absolute Gasteiger partial charge is 0.279 e. The average molecular weight is 438 g/mol. The first-order chi connectivity index (χ1) is 9.56. The van der Waals surface area contributed by atoms with Crippen LogP contribution in [0.15, 0.2) is 24.3 Å². The first-order valence-corrected chi connectivity index (χ1v) is 9.83. The molecular weight excluding hydrogens is 425 g/mol. The van der Waals surface area contributed by atoms with Crippen LogP contribution >= 0.6 is 0 Å². The third-order valence-corrected chi connectivity index (χ3v) is 5.92. The van der Waals surface area contributed by atoms with Gasteiger partial charge in [-0.15, -0.1) is 0 Å². The van der Waals surface area contributed by atoms with Crippen molar-refractivity contribution in [2.75, 3.05) is 7.11 Å². The maximum Gasteiger partial charge on any atom is 0.522 e. The topological polar surface area (TPSA) is 63.6 Å². The van der Waals surface area contributed by atoms with E-state index in [1.807, 2.05) is 0 Å². The monoisotopic (exact) mass is 440 g/mol. The number of hydrogen-bond donors (Lipinski definition) is 1. The Kier molecular flexibility index (Phi) is 6.11. The molecule has 1 aromatic rings. The van der Waals surface area contributed by atoms with E-state index in [0.29, 0.717) is 0 Å². The van der Waals surface area contributed by atoms with Gasteiger partial charge >= 0.3 is 105 Å². The zero-order chi connectivity index (χ0) is 16.3. The molecule has 0 atom stereocenters. The van der Waals surface area contributed by atoms with Crippen molar-refractivity contribution in [3.05, 3.63) is 29.8 Å². The Balaban J connectivity index is 0.000000240. The average Bonchev–Trinajstić information content (AvgIpc) is 2.37. The van der Waals surface area contributed by atoms with Gasteiger partial charge in [0.15, 0.2) is 0 Å². The van der Waals surface area contributed by atoms with Crippen LogP contribution in [0.3, 0.4) is 0 Å². The number of benzene rings is 1. The normalized spacial score (nSPS) is 14.5. The van der Waals surface area contributed by atoms with Gasteiger partial charge in [0, 0.05) is 0 Å². The summed E-state index contributed by atoms with van der Waals surface area (Å²) in [6.07, 6.45) is 2.36. The Morgan fingerprint density at radius 1 is 1.33 bits per heavy atom. The van der Waals surface area contributed by atoms with Crippen molar-refractivity contribution in [3.63, 3.8) is 0 Å². The Hall–Kier alpha value is -0.750. The Bertz CT molecular complexity index is 638. The summed E-state index contributed by atoms with van der Waals surface area (Å²) >= 11 is 0.0151. The van der Waals surface area contributed by atoms with Gasteiger partial charge in [-0.1, -0.05) is 0 Å². The molecule has 0 fully saturated rings. The van der Waals surface area contributed by atoms with E-state index in [-0.39, 0.29) is 20.9 Å². The fourth-order valence-corrected chi connectivity index (χ4v) is 4.57. The second kappa shape index (κ2) is 7.01. The van der Waals surface area contributed by atoms with Crippen LogP contribution in [0.1, 0.15) is 12.5 Å². The Labute approximate surface area is 130 Å². The van der Waals surface area contributed by atoms with Crippen LogP contribution in [0.25, 0.3) is 5.57 Å². The van der Waals surface area contributed by atoms with Crippen LogP contribution in [0.2, 0.25) is 4.47 Å². The van der Waals surface area contributed by atoms with Crippen LogP contribution in [0.4, 0.5) is 13.2 Å². The van der Waals surface area contributed by atoms with Crippen LogP contribution in [-0.4, -0.2) is 46.5 Å². The van der Waals surface area contributed by atoms with Crippen molar-refractivity contribution in [1.82, 2.24) is 0 Å². The molecule has 0 saturated carbocycles. The van der Waals surface area contributed by atoms with Gasteiger partial charge in [-0.05, 0) is 0 Å². The molecule has 1 aliphatic rings. The molecule has 21 heavy (non-hydrogen) atoms. The molecule has 2 rings (SSSR count). The molecule has 0 spiro atoms. The SMILES string of the molecule is COc1ccc2c(c1)[Te]CC=C2C.O=S(=O)(O)C(F)(F)F. The van der Waals surface area contributed by atoms with E-state index in [4.69, 9.17) is 17.7 Å². The predicted octanol–water partition coefficient (Wildman–Crippen LogP) is 2.25. The van der Waals surface area contributed by atoms with Gasteiger partial charge in [0.2, 0.25) is 0 Å². The Morgan fingerprint density at radius 3 is 2.38 bits per heavy atom. The molecule has 0 radical (unpaired) electrons. The number of fused-ring (bicyclic) bond motifs is 1. The van der Waals surface area contributed by atoms with Crippen LogP contribution < -0.4 is 8.35 Å². The second-order valence-electron chi connectivity index (χ2n) is 3.98. The maximum absolute atomic E-state index is 10.7. The molecule has 118 valence electrons. The van der Waals surface area contributed by atoms with Gasteiger partial charge in [0.25, 0.3) is 0 Å². The van der Waals surface area contributed by atoms with E-state index in [0.717, 1.165) is 5.75 Å². The van der Waals surface area contributed by atoms with Crippen LogP contribution in [0, 0.1) is 0 Å². The third-order valence-electron chi connectivity index (χ3n) is 2.53. The predicted molar refractivity (Wildman–Crippen MR) is 74.4 cm³/mol. The van der Waals surface area contributed by atoms with Crippen molar-refractivity contribution in [2.45, 2.75) is 16.9 Å². The summed E-state index contributed by atoms with van der Waals surface area (Å²) in [4.78, 5) is 0. The number of hydrogen-bond acceptors (Lipinski definition) is 3. The van der Waals surface area contributed by atoms with Gasteiger partial charge < -0.3 is 0 Å². The molecule has 4 nitrogen and oxygen atoms in total. The molecule has 1 aliphatic heterocycles. The van der Waals surface area contributed by atoms with Crippen molar-refractivity contribution >= 4 is 40.2 Å². The molecule has 0 bridgehead atoms. The molecule has 0 saturated heterocycles.